The number of hydrogen-bond acceptors (Lipinski definition) is 4. The Morgan fingerprint density at radius 1 is 1.36 bits per heavy atom. The summed E-state index contributed by atoms with van der Waals surface area (Å²) >= 11 is 0. The van der Waals surface area contributed by atoms with Gasteiger partial charge in [-0.15, -0.1) is 35.0 Å². The monoisotopic (exact) mass is 385 g/mol. The number of benzene rings is 1. The molecule has 1 aromatic carbocycles. The van der Waals surface area contributed by atoms with Crippen LogP contribution < -0.4 is 11.1 Å². The molecule has 1 aromatic heterocycles. The van der Waals surface area contributed by atoms with Crippen LogP contribution in [0.15, 0.2) is 30.6 Å². The molecule has 1 fully saturated rings. The second kappa shape index (κ2) is 9.75. The molecule has 3 rings (SSSR count). The van der Waals surface area contributed by atoms with Gasteiger partial charge in [0.2, 0.25) is 5.91 Å². The lowest BCUT2D eigenvalue weighted by molar-refractivity contribution is -0.117. The standard InChI is InChI=1S/C17H23N5O.2ClH/c1-2-22-11-19-21-17(22)13-6-3-7-14(9-13)20-16(23)10-12-5-4-8-15(12)18;;/h3,6-7,9,11-12,15H,2,4-5,8,10,18H2,1H3,(H,20,23);2*1H/t12-,15+;;/m0../s1. The number of carbonyl (C=O) groups is 1. The summed E-state index contributed by atoms with van der Waals surface area (Å²) < 4.78 is 1.97. The average molecular weight is 386 g/mol. The Hall–Kier alpha value is -1.63. The summed E-state index contributed by atoms with van der Waals surface area (Å²) in [5.41, 5.74) is 7.77. The summed E-state index contributed by atoms with van der Waals surface area (Å²) in [6.07, 6.45) is 5.41. The smallest absolute Gasteiger partial charge is 0.224 e. The van der Waals surface area contributed by atoms with E-state index in [1.807, 2.05) is 35.8 Å². The fraction of sp³-hybridized carbons (Fsp3) is 0.471. The number of hydrogen-bond donors (Lipinski definition) is 2. The third-order valence-corrected chi connectivity index (χ3v) is 4.53. The van der Waals surface area contributed by atoms with E-state index in [2.05, 4.69) is 15.5 Å². The molecule has 1 saturated carbocycles. The largest absolute Gasteiger partial charge is 0.327 e. The third-order valence-electron chi connectivity index (χ3n) is 4.53. The number of anilines is 1. The molecule has 0 unspecified atom stereocenters. The highest BCUT2D eigenvalue weighted by Crippen LogP contribution is 2.27. The van der Waals surface area contributed by atoms with E-state index in [0.717, 1.165) is 42.9 Å². The maximum Gasteiger partial charge on any atom is 0.224 e. The Balaban J connectivity index is 0.00000156. The fourth-order valence-corrected chi connectivity index (χ4v) is 3.22. The van der Waals surface area contributed by atoms with Crippen molar-refractivity contribution in [1.82, 2.24) is 14.8 Å². The van der Waals surface area contributed by atoms with E-state index in [0.29, 0.717) is 12.3 Å². The third kappa shape index (κ3) is 5.17. The summed E-state index contributed by atoms with van der Waals surface area (Å²) in [7, 11) is 0. The van der Waals surface area contributed by atoms with Crippen molar-refractivity contribution in [3.8, 4) is 11.4 Å². The van der Waals surface area contributed by atoms with Crippen LogP contribution in [0.2, 0.25) is 0 Å². The molecule has 1 aliphatic carbocycles. The molecule has 6 nitrogen and oxygen atoms in total. The first-order valence-corrected chi connectivity index (χ1v) is 8.21. The van der Waals surface area contributed by atoms with Gasteiger partial charge in [-0.1, -0.05) is 18.6 Å². The second-order valence-corrected chi connectivity index (χ2v) is 6.13. The highest BCUT2D eigenvalue weighted by atomic mass is 35.5. The van der Waals surface area contributed by atoms with Gasteiger partial charge in [-0.25, -0.2) is 0 Å². The van der Waals surface area contributed by atoms with Gasteiger partial charge in [0.15, 0.2) is 5.82 Å². The minimum atomic E-state index is 0. The topological polar surface area (TPSA) is 85.8 Å². The number of rotatable bonds is 5. The lowest BCUT2D eigenvalue weighted by Crippen LogP contribution is -2.28. The summed E-state index contributed by atoms with van der Waals surface area (Å²) in [4.78, 5) is 12.2. The average Bonchev–Trinajstić information content (AvgIpc) is 3.17. The molecule has 0 spiro atoms. The van der Waals surface area contributed by atoms with Gasteiger partial charge in [0.05, 0.1) is 0 Å². The number of aromatic nitrogens is 3. The van der Waals surface area contributed by atoms with Crippen LogP contribution in [0.4, 0.5) is 5.69 Å². The van der Waals surface area contributed by atoms with Crippen LogP contribution in [-0.4, -0.2) is 26.7 Å². The lowest BCUT2D eigenvalue weighted by Gasteiger charge is -2.15. The molecule has 1 amide bonds. The Morgan fingerprint density at radius 3 is 2.84 bits per heavy atom. The molecule has 2 atom stereocenters. The predicted octanol–water partition coefficient (Wildman–Crippen LogP) is 3.26. The van der Waals surface area contributed by atoms with Crippen LogP contribution in [0.3, 0.4) is 0 Å². The second-order valence-electron chi connectivity index (χ2n) is 6.13. The van der Waals surface area contributed by atoms with E-state index >= 15 is 0 Å². The number of nitrogens with one attached hydrogen (secondary N) is 1. The zero-order valence-corrected chi connectivity index (χ0v) is 15.9. The van der Waals surface area contributed by atoms with Crippen molar-refractivity contribution in [1.29, 1.82) is 0 Å². The number of nitrogens with zero attached hydrogens (tertiary/aromatic N) is 3. The normalized spacial score (nSPS) is 19.0. The van der Waals surface area contributed by atoms with Gasteiger partial charge < -0.3 is 15.6 Å². The molecule has 8 heteroatoms. The minimum absolute atomic E-state index is 0. The van der Waals surface area contributed by atoms with Crippen LogP contribution in [0.1, 0.15) is 32.6 Å². The van der Waals surface area contributed by atoms with Crippen molar-refractivity contribution in [2.45, 2.75) is 45.2 Å². The fourth-order valence-electron chi connectivity index (χ4n) is 3.22. The van der Waals surface area contributed by atoms with E-state index in [4.69, 9.17) is 5.73 Å². The van der Waals surface area contributed by atoms with Crippen LogP contribution in [-0.2, 0) is 11.3 Å². The van der Waals surface area contributed by atoms with E-state index in [-0.39, 0.29) is 36.8 Å². The highest BCUT2D eigenvalue weighted by molar-refractivity contribution is 5.91. The summed E-state index contributed by atoms with van der Waals surface area (Å²) in [6, 6.07) is 7.88. The molecule has 3 N–H and O–H groups in total. The maximum absolute atomic E-state index is 12.2. The number of aryl methyl sites for hydroxylation is 1. The van der Waals surface area contributed by atoms with Gasteiger partial charge in [-0.2, -0.15) is 0 Å². The molecule has 1 aliphatic rings. The molecule has 2 aromatic rings. The van der Waals surface area contributed by atoms with Gasteiger partial charge in [-0.3, -0.25) is 4.79 Å². The van der Waals surface area contributed by atoms with Crippen molar-refractivity contribution in [2.75, 3.05) is 5.32 Å². The number of halogens is 2. The molecular weight excluding hydrogens is 361 g/mol. The molecule has 0 saturated heterocycles. The molecule has 1 heterocycles. The maximum atomic E-state index is 12.2. The van der Waals surface area contributed by atoms with Crippen LogP contribution in [0, 0.1) is 5.92 Å². The highest BCUT2D eigenvalue weighted by Gasteiger charge is 2.26. The predicted molar refractivity (Wildman–Crippen MR) is 104 cm³/mol. The number of nitrogens with two attached hydrogens (primary N) is 1. The van der Waals surface area contributed by atoms with Gasteiger partial charge in [0.1, 0.15) is 6.33 Å². The Kier molecular flexibility index (Phi) is 8.35. The minimum Gasteiger partial charge on any atom is -0.327 e. The van der Waals surface area contributed by atoms with Crippen LogP contribution >= 0.6 is 24.8 Å². The Bertz CT molecular complexity index is 691. The zero-order chi connectivity index (χ0) is 16.2. The number of carbonyl (C=O) groups excluding carboxylic acids is 1. The summed E-state index contributed by atoms with van der Waals surface area (Å²) in [5.74, 6) is 1.14. The van der Waals surface area contributed by atoms with Crippen LogP contribution in [0.5, 0.6) is 0 Å². The Morgan fingerprint density at radius 2 is 2.16 bits per heavy atom. The zero-order valence-electron chi connectivity index (χ0n) is 14.2. The van der Waals surface area contributed by atoms with E-state index in [1.54, 1.807) is 6.33 Å². The van der Waals surface area contributed by atoms with Crippen molar-refractivity contribution in [3.63, 3.8) is 0 Å². The summed E-state index contributed by atoms with van der Waals surface area (Å²) in [6.45, 7) is 2.85. The van der Waals surface area contributed by atoms with Crippen molar-refractivity contribution in [2.24, 2.45) is 11.7 Å². The van der Waals surface area contributed by atoms with Crippen molar-refractivity contribution < 1.29 is 4.79 Å². The molecule has 0 radical (unpaired) electrons. The van der Waals surface area contributed by atoms with Crippen molar-refractivity contribution in [3.05, 3.63) is 30.6 Å². The summed E-state index contributed by atoms with van der Waals surface area (Å²) in [5, 5.41) is 11.1. The van der Waals surface area contributed by atoms with Gasteiger partial charge in [0, 0.05) is 30.3 Å². The first kappa shape index (κ1) is 21.4. The number of amides is 1. The van der Waals surface area contributed by atoms with E-state index in [1.165, 1.54) is 0 Å². The van der Waals surface area contributed by atoms with Gasteiger partial charge in [0.25, 0.3) is 0 Å². The quantitative estimate of drug-likeness (QED) is 0.826. The van der Waals surface area contributed by atoms with Crippen molar-refractivity contribution >= 4 is 36.4 Å². The Labute approximate surface area is 160 Å². The van der Waals surface area contributed by atoms with Gasteiger partial charge in [-0.05, 0) is 37.8 Å². The first-order chi connectivity index (χ1) is 11.2. The molecule has 25 heavy (non-hydrogen) atoms. The van der Waals surface area contributed by atoms with E-state index in [9.17, 15) is 4.79 Å². The lowest BCUT2D eigenvalue weighted by atomic mass is 10.00. The molecule has 138 valence electrons. The molecule has 0 aliphatic heterocycles. The molecular formula is C17H25Cl2N5O. The van der Waals surface area contributed by atoms with Crippen LogP contribution in [0.25, 0.3) is 11.4 Å². The first-order valence-electron chi connectivity index (χ1n) is 8.21. The van der Waals surface area contributed by atoms with Gasteiger partial charge >= 0.3 is 0 Å². The SMILES string of the molecule is CCn1cnnc1-c1cccc(NC(=O)C[C@@H]2CCC[C@H]2N)c1.Cl.Cl. The van der Waals surface area contributed by atoms with E-state index < -0.39 is 0 Å². The molecule has 0 bridgehead atoms.